The first-order chi connectivity index (χ1) is 3.39. The molecular formula is C4H9N2O. The monoisotopic (exact) mass is 101 g/mol. The molecule has 0 aromatic heterocycles. The largest absolute Gasteiger partial charge is 0.363 e. The number of hydrogen-bond acceptors (Lipinski definition) is 2. The van der Waals surface area contributed by atoms with Crippen LogP contribution in [0.3, 0.4) is 0 Å². The molecule has 3 nitrogen and oxygen atoms in total. The summed E-state index contributed by atoms with van der Waals surface area (Å²) in [6.45, 7) is 1.97. The summed E-state index contributed by atoms with van der Waals surface area (Å²) in [5.74, 6) is 0. The predicted molar refractivity (Wildman–Crippen MR) is 25.8 cm³/mol. The van der Waals surface area contributed by atoms with Gasteiger partial charge in [0.15, 0.2) is 0 Å². The van der Waals surface area contributed by atoms with Crippen LogP contribution in [0.25, 0.3) is 0 Å². The lowest BCUT2D eigenvalue weighted by molar-refractivity contribution is 0.0684. The Labute approximate surface area is 42.8 Å². The van der Waals surface area contributed by atoms with Crippen molar-refractivity contribution in [3.05, 3.63) is 0 Å². The Hall–Kier alpha value is -0.120. The van der Waals surface area contributed by atoms with Crippen molar-refractivity contribution >= 4 is 0 Å². The van der Waals surface area contributed by atoms with Crippen LogP contribution in [0.4, 0.5) is 0 Å². The summed E-state index contributed by atoms with van der Waals surface area (Å²) < 4.78 is 4.89. The normalized spacial score (nSPS) is 33.0. The lowest BCUT2D eigenvalue weighted by Gasteiger charge is -2.16. The summed E-state index contributed by atoms with van der Waals surface area (Å²) in [6.07, 6.45) is 0. The van der Waals surface area contributed by atoms with Crippen LogP contribution in [-0.4, -0.2) is 25.9 Å². The smallest absolute Gasteiger partial charge is 0.112 e. The molecule has 0 spiro atoms. The molecule has 1 radical (unpaired) electrons. The average Bonchev–Trinajstić information content (AvgIpc) is 1.69. The third-order valence-corrected chi connectivity index (χ3v) is 0.878. The maximum absolute atomic E-state index is 5.42. The minimum atomic E-state index is 0.147. The molecule has 0 amide bonds. The minimum Gasteiger partial charge on any atom is -0.363 e. The van der Waals surface area contributed by atoms with Gasteiger partial charge in [0.05, 0.1) is 6.61 Å². The van der Waals surface area contributed by atoms with E-state index in [1.165, 1.54) is 0 Å². The zero-order valence-electron chi connectivity index (χ0n) is 4.13. The van der Waals surface area contributed by atoms with Gasteiger partial charge < -0.3 is 10.5 Å². The van der Waals surface area contributed by atoms with E-state index in [0.29, 0.717) is 13.3 Å². The van der Waals surface area contributed by atoms with Gasteiger partial charge in [0.2, 0.25) is 0 Å². The zero-order chi connectivity index (χ0) is 5.11. The summed E-state index contributed by atoms with van der Waals surface area (Å²) in [5.41, 5.74) is 5.42. The molecule has 0 aromatic carbocycles. The number of ether oxygens (including phenoxy) is 1. The molecule has 0 aromatic rings. The van der Waals surface area contributed by atoms with Crippen LogP contribution in [0.15, 0.2) is 0 Å². The van der Waals surface area contributed by atoms with Gasteiger partial charge in [-0.3, -0.25) is 0 Å². The lowest BCUT2D eigenvalue weighted by atomic mass is 10.3. The van der Waals surface area contributed by atoms with Crippen LogP contribution in [0, 0.1) is 0 Å². The van der Waals surface area contributed by atoms with Gasteiger partial charge in [-0.15, -0.1) is 0 Å². The van der Waals surface area contributed by atoms with Gasteiger partial charge in [-0.05, 0) is 0 Å². The Morgan fingerprint density at radius 1 is 1.71 bits per heavy atom. The van der Waals surface area contributed by atoms with Gasteiger partial charge in [-0.25, -0.2) is 5.32 Å². The molecule has 0 aliphatic carbocycles. The lowest BCUT2D eigenvalue weighted by Crippen LogP contribution is -2.40. The molecule has 41 valence electrons. The van der Waals surface area contributed by atoms with Crippen LogP contribution < -0.4 is 11.1 Å². The zero-order valence-corrected chi connectivity index (χ0v) is 4.13. The summed E-state index contributed by atoms with van der Waals surface area (Å²) in [7, 11) is 0. The van der Waals surface area contributed by atoms with E-state index in [-0.39, 0.29) is 6.04 Å². The van der Waals surface area contributed by atoms with E-state index in [9.17, 15) is 0 Å². The maximum atomic E-state index is 5.42. The Morgan fingerprint density at radius 3 is 2.86 bits per heavy atom. The Kier molecular flexibility index (Phi) is 1.62. The fraction of sp³-hybridized carbons (Fsp3) is 1.00. The third-order valence-electron chi connectivity index (χ3n) is 0.878. The van der Waals surface area contributed by atoms with Gasteiger partial charge in [0.25, 0.3) is 0 Å². The SMILES string of the molecule is NC1C[N]COC1. The van der Waals surface area contributed by atoms with E-state index in [1.54, 1.807) is 0 Å². The van der Waals surface area contributed by atoms with Crippen molar-refractivity contribution in [1.82, 2.24) is 5.32 Å². The molecule has 1 rings (SSSR count). The molecule has 1 saturated heterocycles. The van der Waals surface area contributed by atoms with Crippen molar-refractivity contribution in [3.8, 4) is 0 Å². The standard InChI is InChI=1S/C4H9N2O/c5-4-1-6-3-7-2-4/h4H,1-3,5H2. The minimum absolute atomic E-state index is 0.147. The average molecular weight is 101 g/mol. The molecule has 1 unspecified atom stereocenters. The number of hydrogen-bond donors (Lipinski definition) is 1. The summed E-state index contributed by atoms with van der Waals surface area (Å²) in [4.78, 5) is 0. The van der Waals surface area contributed by atoms with Crippen LogP contribution in [-0.2, 0) is 4.74 Å². The number of rotatable bonds is 0. The van der Waals surface area contributed by atoms with Crippen LogP contribution >= 0.6 is 0 Å². The van der Waals surface area contributed by atoms with Crippen molar-refractivity contribution in [2.75, 3.05) is 19.9 Å². The molecule has 3 heteroatoms. The van der Waals surface area contributed by atoms with Crippen LogP contribution in [0.5, 0.6) is 0 Å². The molecule has 1 atom stereocenters. The second kappa shape index (κ2) is 2.26. The molecule has 7 heavy (non-hydrogen) atoms. The first-order valence-electron chi connectivity index (χ1n) is 2.36. The van der Waals surface area contributed by atoms with E-state index in [1.807, 2.05) is 0 Å². The summed E-state index contributed by atoms with van der Waals surface area (Å²) in [5, 5.41) is 3.91. The van der Waals surface area contributed by atoms with E-state index in [4.69, 9.17) is 10.5 Å². The Balaban J connectivity index is 2.12. The second-order valence-electron chi connectivity index (χ2n) is 1.67. The molecule has 0 bridgehead atoms. The van der Waals surface area contributed by atoms with Gasteiger partial charge in [0.1, 0.15) is 6.73 Å². The predicted octanol–water partition coefficient (Wildman–Crippen LogP) is -1.09. The van der Waals surface area contributed by atoms with Crippen molar-refractivity contribution in [3.63, 3.8) is 0 Å². The van der Waals surface area contributed by atoms with Gasteiger partial charge in [-0.2, -0.15) is 0 Å². The van der Waals surface area contributed by atoms with Crippen LogP contribution in [0.2, 0.25) is 0 Å². The maximum Gasteiger partial charge on any atom is 0.112 e. The first kappa shape index (κ1) is 5.03. The van der Waals surface area contributed by atoms with Gasteiger partial charge in [-0.1, -0.05) is 0 Å². The van der Waals surface area contributed by atoms with Gasteiger partial charge in [0, 0.05) is 12.6 Å². The molecule has 0 saturated carbocycles. The number of nitrogens with zero attached hydrogens (tertiary/aromatic N) is 1. The molecule has 1 fully saturated rings. The second-order valence-corrected chi connectivity index (χ2v) is 1.67. The Bertz CT molecular complexity index is 51.7. The highest BCUT2D eigenvalue weighted by Gasteiger charge is 2.06. The highest BCUT2D eigenvalue weighted by molar-refractivity contribution is 4.64. The van der Waals surface area contributed by atoms with Crippen molar-refractivity contribution < 1.29 is 4.74 Å². The van der Waals surface area contributed by atoms with Crippen LogP contribution in [0.1, 0.15) is 0 Å². The molecule has 1 aliphatic rings. The van der Waals surface area contributed by atoms with E-state index in [2.05, 4.69) is 5.32 Å². The van der Waals surface area contributed by atoms with E-state index < -0.39 is 0 Å². The molecule has 1 aliphatic heterocycles. The van der Waals surface area contributed by atoms with Crippen molar-refractivity contribution in [1.29, 1.82) is 0 Å². The quantitative estimate of drug-likeness (QED) is 0.421. The Morgan fingerprint density at radius 2 is 2.57 bits per heavy atom. The summed E-state index contributed by atoms with van der Waals surface area (Å²) >= 11 is 0. The van der Waals surface area contributed by atoms with Crippen molar-refractivity contribution in [2.24, 2.45) is 5.73 Å². The topological polar surface area (TPSA) is 49.4 Å². The fourth-order valence-corrected chi connectivity index (χ4v) is 0.540. The molecule has 1 heterocycles. The molecular weight excluding hydrogens is 92.1 g/mol. The summed E-state index contributed by atoms with van der Waals surface area (Å²) in [6, 6.07) is 0.147. The first-order valence-corrected chi connectivity index (χ1v) is 2.36. The van der Waals surface area contributed by atoms with E-state index >= 15 is 0 Å². The fourth-order valence-electron chi connectivity index (χ4n) is 0.540. The third kappa shape index (κ3) is 1.43. The van der Waals surface area contributed by atoms with Gasteiger partial charge >= 0.3 is 0 Å². The highest BCUT2D eigenvalue weighted by Crippen LogP contribution is 1.86. The number of nitrogens with two attached hydrogens (primary N) is 1. The molecule has 2 N–H and O–H groups in total. The highest BCUT2D eigenvalue weighted by atomic mass is 16.5. The van der Waals surface area contributed by atoms with E-state index in [0.717, 1.165) is 6.54 Å². The van der Waals surface area contributed by atoms with Crippen molar-refractivity contribution in [2.45, 2.75) is 6.04 Å².